The topological polar surface area (TPSA) is 125 Å². The average Bonchev–Trinajstić information content (AvgIpc) is 2.59. The normalized spacial score (nSPS) is 27.8. The Morgan fingerprint density at radius 3 is 2.11 bits per heavy atom. The van der Waals surface area contributed by atoms with E-state index < -0.39 is 52.8 Å². The number of aryl methyl sites for hydroxylation is 1. The lowest BCUT2D eigenvalue weighted by molar-refractivity contribution is -0.276. The molecule has 0 saturated carbocycles. The zero-order valence-electron chi connectivity index (χ0n) is 15.4. The monoisotopic (exact) mass is 528 g/mol. The summed E-state index contributed by atoms with van der Waals surface area (Å²) in [5.41, 5.74) is 0.845. The maximum absolute atomic E-state index is 12.6. The van der Waals surface area contributed by atoms with Gasteiger partial charge in [0.15, 0.2) is 24.6 Å². The fourth-order valence-corrected chi connectivity index (χ4v) is 4.47. The number of hydrogen-bond acceptors (Lipinski definition) is 9. The van der Waals surface area contributed by atoms with Crippen molar-refractivity contribution < 1.29 is 41.5 Å². The van der Waals surface area contributed by atoms with Crippen molar-refractivity contribution in [2.24, 2.45) is 0 Å². The van der Waals surface area contributed by atoms with Crippen LogP contribution in [0.3, 0.4) is 0 Å². The number of hydrogen-bond donors (Lipinski definition) is 1. The van der Waals surface area contributed by atoms with Crippen LogP contribution in [0.5, 0.6) is 0 Å². The molecule has 1 N–H and O–H groups in total. The largest absolute Gasteiger partial charge is 0.456 e. The molecule has 1 aromatic rings. The van der Waals surface area contributed by atoms with Gasteiger partial charge in [-0.1, -0.05) is 40.3 Å². The first-order valence-corrected chi connectivity index (χ1v) is 11.2. The highest BCUT2D eigenvalue weighted by Crippen LogP contribution is 2.30. The van der Waals surface area contributed by atoms with Gasteiger partial charge >= 0.3 is 11.9 Å². The molecule has 1 aliphatic heterocycles. The second-order valence-electron chi connectivity index (χ2n) is 6.20. The molecule has 0 radical (unpaired) electrons. The van der Waals surface area contributed by atoms with E-state index in [2.05, 4.69) is 0 Å². The average molecular weight is 528 g/mol. The first-order chi connectivity index (χ1) is 13.0. The predicted molar refractivity (Wildman–Crippen MR) is 104 cm³/mol. The minimum atomic E-state index is -4.33. The molecule has 5 atom stereocenters. The smallest absolute Gasteiger partial charge is 0.303 e. The molecule has 0 aliphatic carbocycles. The molecule has 1 fully saturated rings. The van der Waals surface area contributed by atoms with Crippen LogP contribution in [0.1, 0.15) is 19.4 Å². The SMILES string of the molecule is CC(=O)O[C@@H]1[C@@H](OS(=O)(=O)c2ccc(C)cc2)[C@@H](O)O[C@H](CI)[C@H]1OC(C)=O. The first kappa shape index (κ1) is 23.0. The van der Waals surface area contributed by atoms with Crippen molar-refractivity contribution >= 4 is 44.6 Å². The fourth-order valence-electron chi connectivity index (χ4n) is 2.69. The number of halogens is 1. The van der Waals surface area contributed by atoms with E-state index in [4.69, 9.17) is 18.4 Å². The molecule has 0 aromatic heterocycles. The molecule has 9 nitrogen and oxygen atoms in total. The molecule has 1 heterocycles. The maximum Gasteiger partial charge on any atom is 0.303 e. The summed E-state index contributed by atoms with van der Waals surface area (Å²) in [5.74, 6) is -1.44. The third kappa shape index (κ3) is 5.63. The Morgan fingerprint density at radius 1 is 1.07 bits per heavy atom. The Bertz CT molecular complexity index is 808. The summed E-state index contributed by atoms with van der Waals surface area (Å²) in [6.45, 7) is 4.05. The standard InChI is InChI=1S/C17H21IO9S/c1-9-4-6-12(7-5-9)28(22,23)27-16-15(25-11(3)20)14(24-10(2)19)13(8-18)26-17(16)21/h4-7,13-17,21H,8H2,1-3H3/t13-,14-,15+,16-,17+/m1/s1. The number of aliphatic hydroxyl groups excluding tert-OH is 1. The van der Waals surface area contributed by atoms with Crippen LogP contribution in [0.25, 0.3) is 0 Å². The van der Waals surface area contributed by atoms with E-state index >= 15 is 0 Å². The van der Waals surface area contributed by atoms with Crippen LogP contribution in [-0.2, 0) is 38.1 Å². The summed E-state index contributed by atoms with van der Waals surface area (Å²) in [4.78, 5) is 22.9. The molecule has 2 rings (SSSR count). The lowest BCUT2D eigenvalue weighted by atomic mass is 9.99. The quantitative estimate of drug-likeness (QED) is 0.250. The second-order valence-corrected chi connectivity index (χ2v) is 8.65. The van der Waals surface area contributed by atoms with Crippen molar-refractivity contribution in [1.29, 1.82) is 0 Å². The van der Waals surface area contributed by atoms with Gasteiger partial charge in [-0.3, -0.25) is 13.8 Å². The van der Waals surface area contributed by atoms with Crippen LogP contribution in [0.2, 0.25) is 0 Å². The van der Waals surface area contributed by atoms with Crippen LogP contribution in [0.4, 0.5) is 0 Å². The van der Waals surface area contributed by atoms with E-state index in [0.29, 0.717) is 0 Å². The molecular weight excluding hydrogens is 507 g/mol. The van der Waals surface area contributed by atoms with Gasteiger partial charge in [0.1, 0.15) is 6.10 Å². The number of carbonyl (C=O) groups is 2. The Kier molecular flexibility index (Phi) is 7.79. The highest BCUT2D eigenvalue weighted by Gasteiger charge is 2.51. The molecule has 156 valence electrons. The molecule has 28 heavy (non-hydrogen) atoms. The summed E-state index contributed by atoms with van der Waals surface area (Å²) in [6, 6.07) is 5.86. The van der Waals surface area contributed by atoms with Crippen molar-refractivity contribution in [2.45, 2.75) is 56.4 Å². The van der Waals surface area contributed by atoms with Gasteiger partial charge in [0.25, 0.3) is 10.1 Å². The Balaban J connectivity index is 2.38. The van der Waals surface area contributed by atoms with Crippen LogP contribution < -0.4 is 0 Å². The number of aliphatic hydroxyl groups is 1. The van der Waals surface area contributed by atoms with Gasteiger partial charge in [-0.25, -0.2) is 0 Å². The minimum absolute atomic E-state index is 0.146. The summed E-state index contributed by atoms with van der Waals surface area (Å²) >= 11 is 1.94. The number of carbonyl (C=O) groups excluding carboxylic acids is 2. The zero-order valence-corrected chi connectivity index (χ0v) is 18.4. The number of esters is 2. The molecule has 0 amide bonds. The van der Waals surface area contributed by atoms with Gasteiger partial charge in [0.2, 0.25) is 0 Å². The molecule has 0 unspecified atom stereocenters. The van der Waals surface area contributed by atoms with Crippen molar-refractivity contribution in [3.05, 3.63) is 29.8 Å². The van der Waals surface area contributed by atoms with Crippen LogP contribution in [0.15, 0.2) is 29.2 Å². The summed E-state index contributed by atoms with van der Waals surface area (Å²) in [6.07, 6.45) is -6.72. The van der Waals surface area contributed by atoms with Crippen LogP contribution in [0, 0.1) is 6.92 Å². The lowest BCUT2D eigenvalue weighted by Crippen LogP contribution is -2.61. The molecule has 0 spiro atoms. The van der Waals surface area contributed by atoms with Gasteiger partial charge in [0, 0.05) is 18.3 Å². The van der Waals surface area contributed by atoms with Crippen LogP contribution in [-0.4, -0.2) is 60.6 Å². The number of benzene rings is 1. The Labute approximate surface area is 176 Å². The lowest BCUT2D eigenvalue weighted by Gasteiger charge is -2.42. The van der Waals surface area contributed by atoms with E-state index in [0.717, 1.165) is 19.4 Å². The molecule has 1 aromatic carbocycles. The minimum Gasteiger partial charge on any atom is -0.456 e. The molecule has 11 heteroatoms. The first-order valence-electron chi connectivity index (χ1n) is 8.29. The van der Waals surface area contributed by atoms with E-state index in [-0.39, 0.29) is 9.32 Å². The molecule has 1 aliphatic rings. The van der Waals surface area contributed by atoms with Gasteiger partial charge in [-0.2, -0.15) is 8.42 Å². The molecule has 1 saturated heterocycles. The summed E-state index contributed by atoms with van der Waals surface area (Å²) in [5, 5.41) is 10.3. The highest BCUT2D eigenvalue weighted by molar-refractivity contribution is 14.1. The van der Waals surface area contributed by atoms with Crippen molar-refractivity contribution in [1.82, 2.24) is 0 Å². The van der Waals surface area contributed by atoms with Gasteiger partial charge in [-0.15, -0.1) is 0 Å². The van der Waals surface area contributed by atoms with E-state index in [1.807, 2.05) is 22.6 Å². The molecule has 0 bridgehead atoms. The van der Waals surface area contributed by atoms with Crippen molar-refractivity contribution in [3.63, 3.8) is 0 Å². The van der Waals surface area contributed by atoms with E-state index in [9.17, 15) is 23.1 Å². The maximum atomic E-state index is 12.6. The van der Waals surface area contributed by atoms with Gasteiger partial charge < -0.3 is 19.3 Å². The van der Waals surface area contributed by atoms with E-state index in [1.54, 1.807) is 19.1 Å². The third-order valence-electron chi connectivity index (χ3n) is 3.91. The highest BCUT2D eigenvalue weighted by atomic mass is 127. The van der Waals surface area contributed by atoms with E-state index in [1.165, 1.54) is 12.1 Å². The number of rotatable bonds is 6. The fraction of sp³-hybridized carbons (Fsp3) is 0.529. The zero-order chi connectivity index (χ0) is 21.1. The third-order valence-corrected chi connectivity index (χ3v) is 6.11. The number of alkyl halides is 1. The van der Waals surface area contributed by atoms with Gasteiger partial charge in [-0.05, 0) is 19.1 Å². The van der Waals surface area contributed by atoms with Crippen molar-refractivity contribution in [2.75, 3.05) is 4.43 Å². The Hall–Kier alpha value is -1.28. The van der Waals surface area contributed by atoms with Crippen molar-refractivity contribution in [3.8, 4) is 0 Å². The number of ether oxygens (including phenoxy) is 3. The summed E-state index contributed by atoms with van der Waals surface area (Å²) < 4.78 is 46.4. The Morgan fingerprint density at radius 2 is 1.61 bits per heavy atom. The summed E-state index contributed by atoms with van der Waals surface area (Å²) in [7, 11) is -4.33. The van der Waals surface area contributed by atoms with Crippen LogP contribution >= 0.6 is 22.6 Å². The van der Waals surface area contributed by atoms with Gasteiger partial charge in [0.05, 0.1) is 4.90 Å². The molecular formula is C17H21IO9S. The predicted octanol–water partition coefficient (Wildman–Crippen LogP) is 1.08. The second kappa shape index (κ2) is 9.48.